The van der Waals surface area contributed by atoms with Crippen molar-refractivity contribution >= 4 is 18.0 Å². The topological polar surface area (TPSA) is 94.1 Å². The molecule has 7 nitrogen and oxygen atoms in total. The van der Waals surface area contributed by atoms with Gasteiger partial charge in [-0.15, -0.1) is 0 Å². The molecular weight excluding hydrogens is 302 g/mol. The van der Waals surface area contributed by atoms with Gasteiger partial charge in [-0.2, -0.15) is 0 Å². The van der Waals surface area contributed by atoms with E-state index in [1.807, 2.05) is 31.2 Å². The smallest absolute Gasteiger partial charge is 0.329 e. The van der Waals surface area contributed by atoms with Gasteiger partial charge in [0, 0.05) is 6.54 Å². The van der Waals surface area contributed by atoms with Crippen LogP contribution in [-0.4, -0.2) is 50.5 Å². The lowest BCUT2D eigenvalue weighted by Crippen LogP contribution is -2.32. The molecular formula is C16H21NO6. The fraction of sp³-hybridized carbons (Fsp3) is 0.375. The second kappa shape index (κ2) is 10.2. The van der Waals surface area contributed by atoms with Gasteiger partial charge in [-0.05, 0) is 24.6 Å². The first-order valence-corrected chi connectivity index (χ1v) is 7.06. The molecule has 0 aliphatic carbocycles. The molecule has 2 N–H and O–H groups in total. The molecule has 0 saturated heterocycles. The summed E-state index contributed by atoms with van der Waals surface area (Å²) in [6.07, 6.45) is 3.84. The van der Waals surface area contributed by atoms with Crippen LogP contribution < -0.4 is 14.8 Å². The molecule has 0 aliphatic rings. The highest BCUT2D eigenvalue weighted by atomic mass is 16.5. The predicted octanol–water partition coefficient (Wildman–Crippen LogP) is 1.32. The van der Waals surface area contributed by atoms with Crippen LogP contribution in [-0.2, 0) is 14.3 Å². The maximum absolute atomic E-state index is 11.6. The first kappa shape index (κ1) is 18.5. The van der Waals surface area contributed by atoms with Crippen LogP contribution in [0.1, 0.15) is 12.5 Å². The van der Waals surface area contributed by atoms with Gasteiger partial charge in [0.05, 0.1) is 13.7 Å². The Bertz CT molecular complexity index is 556. The molecule has 0 aromatic heterocycles. The monoisotopic (exact) mass is 323 g/mol. The van der Waals surface area contributed by atoms with E-state index in [0.29, 0.717) is 11.5 Å². The summed E-state index contributed by atoms with van der Waals surface area (Å²) >= 11 is 0. The lowest BCUT2D eigenvalue weighted by molar-refractivity contribution is -0.142. The van der Waals surface area contributed by atoms with Gasteiger partial charge < -0.3 is 24.6 Å². The first-order valence-electron chi connectivity index (χ1n) is 7.06. The van der Waals surface area contributed by atoms with Gasteiger partial charge in [0.15, 0.2) is 18.1 Å². The van der Waals surface area contributed by atoms with Crippen LogP contribution in [0.3, 0.4) is 0 Å². The zero-order valence-corrected chi connectivity index (χ0v) is 13.2. The van der Waals surface area contributed by atoms with E-state index in [1.165, 1.54) is 7.11 Å². The molecule has 0 spiro atoms. The summed E-state index contributed by atoms with van der Waals surface area (Å²) < 4.78 is 15.5. The average Bonchev–Trinajstić information content (AvgIpc) is 2.53. The number of nitrogens with one attached hydrogen (secondary N) is 1. The van der Waals surface area contributed by atoms with Crippen molar-refractivity contribution in [2.75, 3.05) is 33.5 Å². The number of ether oxygens (including phenoxy) is 3. The van der Waals surface area contributed by atoms with E-state index in [0.717, 1.165) is 5.56 Å². The molecule has 126 valence electrons. The van der Waals surface area contributed by atoms with Gasteiger partial charge in [0.25, 0.3) is 5.91 Å². The van der Waals surface area contributed by atoms with Crippen LogP contribution in [0.15, 0.2) is 24.3 Å². The van der Waals surface area contributed by atoms with Crippen LogP contribution in [0.25, 0.3) is 6.08 Å². The number of benzene rings is 1. The van der Waals surface area contributed by atoms with Crippen LogP contribution >= 0.6 is 0 Å². The van der Waals surface area contributed by atoms with Gasteiger partial charge >= 0.3 is 5.97 Å². The number of carboxylic acids is 1. The van der Waals surface area contributed by atoms with Crippen molar-refractivity contribution in [2.45, 2.75) is 6.92 Å². The van der Waals surface area contributed by atoms with E-state index in [4.69, 9.17) is 19.3 Å². The minimum Gasteiger partial charge on any atom is -0.493 e. The fourth-order valence-corrected chi connectivity index (χ4v) is 1.72. The Morgan fingerprint density at radius 2 is 2.04 bits per heavy atom. The molecule has 0 fully saturated rings. The summed E-state index contributed by atoms with van der Waals surface area (Å²) in [5.74, 6) is -0.368. The normalized spacial score (nSPS) is 10.5. The molecule has 1 amide bonds. The van der Waals surface area contributed by atoms with E-state index in [-0.39, 0.29) is 32.3 Å². The first-order chi connectivity index (χ1) is 11.1. The Morgan fingerprint density at radius 1 is 1.26 bits per heavy atom. The zero-order chi connectivity index (χ0) is 17.1. The van der Waals surface area contributed by atoms with Crippen molar-refractivity contribution in [2.24, 2.45) is 0 Å². The number of hydrogen-bond donors (Lipinski definition) is 2. The Labute approximate surface area is 134 Å². The van der Waals surface area contributed by atoms with Crippen molar-refractivity contribution in [3.63, 3.8) is 0 Å². The molecule has 0 heterocycles. The Morgan fingerprint density at radius 3 is 2.70 bits per heavy atom. The van der Waals surface area contributed by atoms with Crippen molar-refractivity contribution in [3.8, 4) is 11.5 Å². The van der Waals surface area contributed by atoms with E-state index in [2.05, 4.69) is 5.32 Å². The number of hydrogen-bond acceptors (Lipinski definition) is 5. The molecule has 0 atom stereocenters. The Hall–Kier alpha value is -2.54. The number of carbonyl (C=O) groups excluding carboxylic acids is 1. The number of carboxylic acid groups (broad SMARTS) is 1. The predicted molar refractivity (Wildman–Crippen MR) is 84.7 cm³/mol. The SMILES string of the molecule is C/C=C/c1ccc(OCC(=O)NCCOCC(=O)O)c(OC)c1. The Balaban J connectivity index is 2.39. The zero-order valence-electron chi connectivity index (χ0n) is 13.2. The second-order valence-electron chi connectivity index (χ2n) is 4.50. The second-order valence-corrected chi connectivity index (χ2v) is 4.50. The van der Waals surface area contributed by atoms with Gasteiger partial charge in [0.1, 0.15) is 6.61 Å². The van der Waals surface area contributed by atoms with Crippen molar-refractivity contribution in [1.29, 1.82) is 0 Å². The van der Waals surface area contributed by atoms with Crippen molar-refractivity contribution in [3.05, 3.63) is 29.8 Å². The number of aliphatic carboxylic acids is 1. The number of methoxy groups -OCH3 is 1. The average molecular weight is 323 g/mol. The van der Waals surface area contributed by atoms with E-state index in [9.17, 15) is 9.59 Å². The van der Waals surface area contributed by atoms with E-state index in [1.54, 1.807) is 6.07 Å². The van der Waals surface area contributed by atoms with Crippen molar-refractivity contribution < 1.29 is 28.9 Å². The van der Waals surface area contributed by atoms with Crippen LogP contribution in [0, 0.1) is 0 Å². The quantitative estimate of drug-likeness (QED) is 0.631. The van der Waals surface area contributed by atoms with Gasteiger partial charge in [-0.25, -0.2) is 4.79 Å². The highest BCUT2D eigenvalue weighted by Gasteiger charge is 2.08. The number of rotatable bonds is 10. The lowest BCUT2D eigenvalue weighted by Gasteiger charge is -2.11. The third-order valence-corrected chi connectivity index (χ3v) is 2.70. The third-order valence-electron chi connectivity index (χ3n) is 2.70. The maximum atomic E-state index is 11.6. The molecule has 1 aromatic carbocycles. The molecule has 0 aliphatic heterocycles. The van der Waals surface area contributed by atoms with Crippen LogP contribution in [0.4, 0.5) is 0 Å². The molecule has 0 unspecified atom stereocenters. The molecule has 7 heteroatoms. The molecule has 0 saturated carbocycles. The summed E-state index contributed by atoms with van der Waals surface area (Å²) in [5, 5.41) is 10.9. The van der Waals surface area contributed by atoms with E-state index < -0.39 is 5.97 Å². The number of allylic oxidation sites excluding steroid dienone is 1. The number of carbonyl (C=O) groups is 2. The molecule has 1 rings (SSSR count). The minimum absolute atomic E-state index is 0.124. The van der Waals surface area contributed by atoms with Gasteiger partial charge in [-0.3, -0.25) is 4.79 Å². The standard InChI is InChI=1S/C16H21NO6/c1-3-4-12-5-6-13(14(9-12)21-2)23-10-15(18)17-7-8-22-11-16(19)20/h3-6,9H,7-8,10-11H2,1-2H3,(H,17,18)(H,19,20)/b4-3+. The molecule has 0 radical (unpaired) electrons. The Kier molecular flexibility index (Phi) is 8.23. The minimum atomic E-state index is -1.05. The molecule has 23 heavy (non-hydrogen) atoms. The lowest BCUT2D eigenvalue weighted by atomic mass is 10.2. The van der Waals surface area contributed by atoms with Gasteiger partial charge in [-0.1, -0.05) is 18.2 Å². The fourth-order valence-electron chi connectivity index (χ4n) is 1.72. The highest BCUT2D eigenvalue weighted by Crippen LogP contribution is 2.28. The highest BCUT2D eigenvalue weighted by molar-refractivity contribution is 5.77. The largest absolute Gasteiger partial charge is 0.493 e. The third kappa shape index (κ3) is 7.32. The molecule has 1 aromatic rings. The maximum Gasteiger partial charge on any atom is 0.329 e. The van der Waals surface area contributed by atoms with E-state index >= 15 is 0 Å². The van der Waals surface area contributed by atoms with Crippen LogP contribution in [0.5, 0.6) is 11.5 Å². The summed E-state index contributed by atoms with van der Waals surface area (Å²) in [4.78, 5) is 21.9. The van der Waals surface area contributed by atoms with Gasteiger partial charge in [0.2, 0.25) is 0 Å². The number of amides is 1. The summed E-state index contributed by atoms with van der Waals surface area (Å²) in [5.41, 5.74) is 0.969. The molecule has 0 bridgehead atoms. The van der Waals surface area contributed by atoms with Crippen LogP contribution in [0.2, 0.25) is 0 Å². The van der Waals surface area contributed by atoms with Crippen molar-refractivity contribution in [1.82, 2.24) is 5.32 Å². The summed E-state index contributed by atoms with van der Waals surface area (Å²) in [6, 6.07) is 5.40. The summed E-state index contributed by atoms with van der Waals surface area (Å²) in [6.45, 7) is 1.70. The summed E-state index contributed by atoms with van der Waals surface area (Å²) in [7, 11) is 1.53.